The summed E-state index contributed by atoms with van der Waals surface area (Å²) >= 11 is 0. The average Bonchev–Trinajstić information content (AvgIpc) is 1.91. The Morgan fingerprint density at radius 3 is 2.44 bits per heavy atom. The van der Waals surface area contributed by atoms with Gasteiger partial charge in [-0.1, -0.05) is 6.07 Å². The van der Waals surface area contributed by atoms with Crippen molar-refractivity contribution < 1.29 is 4.57 Å². The molecule has 9 heavy (non-hydrogen) atoms. The molecule has 0 aliphatic heterocycles. The van der Waals surface area contributed by atoms with E-state index in [1.165, 1.54) is 11.0 Å². The van der Waals surface area contributed by atoms with E-state index in [2.05, 4.69) is 0 Å². The van der Waals surface area contributed by atoms with Crippen molar-refractivity contribution in [3.05, 3.63) is 30.6 Å². The van der Waals surface area contributed by atoms with E-state index in [0.717, 1.165) is 5.88 Å². The lowest BCUT2D eigenvalue weighted by Crippen LogP contribution is -2.29. The molecule has 0 spiro atoms. The summed E-state index contributed by atoms with van der Waals surface area (Å²) in [5.74, 6) is 0.808. The first-order valence-electron chi connectivity index (χ1n) is 2.61. The molecule has 0 amide bonds. The molecular weight excluding hydrogens is 154 g/mol. The van der Waals surface area contributed by atoms with Crippen LogP contribution in [0.15, 0.2) is 30.6 Å². The highest BCUT2D eigenvalue weighted by atomic mass is 35.7. The topological polar surface area (TPSA) is 3.88 Å². The average molecular weight is 161 g/mol. The molecule has 0 N–H and O–H groups in total. The first-order valence-corrected chi connectivity index (χ1v) is 4.42. The summed E-state index contributed by atoms with van der Waals surface area (Å²) in [6, 6.07) is 5.94. The molecule has 0 saturated heterocycles. The van der Waals surface area contributed by atoms with Crippen LogP contribution in [0, 0.1) is 0 Å². The van der Waals surface area contributed by atoms with Crippen LogP contribution in [0.2, 0.25) is 0 Å². The van der Waals surface area contributed by atoms with Gasteiger partial charge in [-0.05, 0) is 10.7 Å². The normalized spacial score (nSPS) is 9.44. The first-order chi connectivity index (χ1) is 4.43. The van der Waals surface area contributed by atoms with Gasteiger partial charge in [-0.3, -0.25) is 0 Å². The van der Waals surface area contributed by atoms with Crippen LogP contribution in [-0.4, -0.2) is 0 Å². The van der Waals surface area contributed by atoms with Crippen molar-refractivity contribution in [3.63, 3.8) is 0 Å². The van der Waals surface area contributed by atoms with Crippen molar-refractivity contribution in [2.45, 2.75) is 5.88 Å². The zero-order chi connectivity index (χ0) is 6.53. The SMILES string of the molecule is ClSC[n+]1ccccc1. The van der Waals surface area contributed by atoms with Crippen LogP contribution in [0.3, 0.4) is 0 Å². The largest absolute Gasteiger partial charge is 0.208 e. The van der Waals surface area contributed by atoms with Crippen LogP contribution in [-0.2, 0) is 5.88 Å². The third-order valence-electron chi connectivity index (χ3n) is 0.975. The molecular formula is C6H7ClNS+. The van der Waals surface area contributed by atoms with Gasteiger partial charge < -0.3 is 0 Å². The second kappa shape index (κ2) is 3.75. The molecule has 1 heterocycles. The maximum absolute atomic E-state index is 5.43. The highest BCUT2D eigenvalue weighted by Crippen LogP contribution is 2.03. The molecule has 1 aromatic heterocycles. The highest BCUT2D eigenvalue weighted by molar-refractivity contribution is 8.20. The Morgan fingerprint density at radius 1 is 1.22 bits per heavy atom. The third kappa shape index (κ3) is 2.24. The fraction of sp³-hybridized carbons (Fsp3) is 0.167. The Morgan fingerprint density at radius 2 is 1.89 bits per heavy atom. The fourth-order valence-electron chi connectivity index (χ4n) is 0.577. The Balaban J connectivity index is 2.61. The third-order valence-corrected chi connectivity index (χ3v) is 1.66. The molecule has 0 aliphatic rings. The van der Waals surface area contributed by atoms with Gasteiger partial charge in [0, 0.05) is 23.1 Å². The van der Waals surface area contributed by atoms with Crippen LogP contribution in [0.1, 0.15) is 0 Å². The van der Waals surface area contributed by atoms with E-state index in [1.54, 1.807) is 0 Å². The standard InChI is InChI=1S/C6H7ClNS/c7-9-6-8-4-2-1-3-5-8/h1-5H,6H2/q+1. The predicted octanol–water partition coefficient (Wildman–Crippen LogP) is 1.82. The molecule has 0 radical (unpaired) electrons. The van der Waals surface area contributed by atoms with Crippen LogP contribution in [0.25, 0.3) is 0 Å². The van der Waals surface area contributed by atoms with E-state index >= 15 is 0 Å². The van der Waals surface area contributed by atoms with E-state index < -0.39 is 0 Å². The smallest absolute Gasteiger partial charge is 0.194 e. The maximum atomic E-state index is 5.43. The lowest BCUT2D eigenvalue weighted by molar-refractivity contribution is -0.675. The van der Waals surface area contributed by atoms with E-state index in [1.807, 2.05) is 35.2 Å². The van der Waals surface area contributed by atoms with Crippen molar-refractivity contribution in [1.29, 1.82) is 0 Å². The first kappa shape index (κ1) is 6.90. The van der Waals surface area contributed by atoms with Crippen molar-refractivity contribution in [3.8, 4) is 0 Å². The summed E-state index contributed by atoms with van der Waals surface area (Å²) in [4.78, 5) is 0. The summed E-state index contributed by atoms with van der Waals surface area (Å²) in [5.41, 5.74) is 0. The lowest BCUT2D eigenvalue weighted by Gasteiger charge is -1.87. The van der Waals surface area contributed by atoms with Crippen molar-refractivity contribution in [2.75, 3.05) is 0 Å². The van der Waals surface area contributed by atoms with Crippen molar-refractivity contribution in [1.82, 2.24) is 0 Å². The van der Waals surface area contributed by atoms with Gasteiger partial charge in [0.05, 0.1) is 0 Å². The summed E-state index contributed by atoms with van der Waals surface area (Å²) in [5, 5.41) is 0. The molecule has 1 nitrogen and oxygen atoms in total. The zero-order valence-electron chi connectivity index (χ0n) is 4.83. The van der Waals surface area contributed by atoms with Crippen LogP contribution in [0.5, 0.6) is 0 Å². The summed E-state index contributed by atoms with van der Waals surface area (Å²) in [7, 11) is 6.72. The van der Waals surface area contributed by atoms with E-state index in [4.69, 9.17) is 10.7 Å². The van der Waals surface area contributed by atoms with E-state index in [0.29, 0.717) is 0 Å². The number of aromatic nitrogens is 1. The molecule has 0 fully saturated rings. The van der Waals surface area contributed by atoms with Crippen LogP contribution >= 0.6 is 21.7 Å². The van der Waals surface area contributed by atoms with E-state index in [-0.39, 0.29) is 0 Å². The summed E-state index contributed by atoms with van der Waals surface area (Å²) in [6.07, 6.45) is 3.96. The Hall–Kier alpha value is -0.210. The number of hydrogen-bond donors (Lipinski definition) is 0. The second-order valence-corrected chi connectivity index (χ2v) is 2.76. The molecule has 0 aromatic carbocycles. The molecule has 0 unspecified atom stereocenters. The van der Waals surface area contributed by atoms with Gasteiger partial charge in [0.15, 0.2) is 12.4 Å². The number of rotatable bonds is 2. The molecule has 0 bridgehead atoms. The molecule has 1 rings (SSSR count). The summed E-state index contributed by atoms with van der Waals surface area (Å²) in [6.45, 7) is 0. The van der Waals surface area contributed by atoms with Crippen molar-refractivity contribution in [2.24, 2.45) is 0 Å². The predicted molar refractivity (Wildman–Crippen MR) is 40.1 cm³/mol. The van der Waals surface area contributed by atoms with Crippen LogP contribution < -0.4 is 4.57 Å². The van der Waals surface area contributed by atoms with Gasteiger partial charge in [-0.25, -0.2) is 0 Å². The summed E-state index contributed by atoms with van der Waals surface area (Å²) < 4.78 is 2.01. The molecule has 0 saturated carbocycles. The molecule has 48 valence electrons. The molecule has 3 heteroatoms. The van der Waals surface area contributed by atoms with E-state index in [9.17, 15) is 0 Å². The van der Waals surface area contributed by atoms with Gasteiger partial charge in [0.2, 0.25) is 5.88 Å². The molecule has 0 aliphatic carbocycles. The minimum Gasteiger partial charge on any atom is -0.194 e. The maximum Gasteiger partial charge on any atom is 0.208 e. The Bertz CT molecular complexity index is 166. The fourth-order valence-corrected chi connectivity index (χ4v) is 1.20. The monoisotopic (exact) mass is 160 g/mol. The zero-order valence-corrected chi connectivity index (χ0v) is 6.40. The second-order valence-electron chi connectivity index (χ2n) is 1.63. The van der Waals surface area contributed by atoms with Gasteiger partial charge >= 0.3 is 0 Å². The van der Waals surface area contributed by atoms with Gasteiger partial charge in [-0.2, -0.15) is 4.57 Å². The quantitative estimate of drug-likeness (QED) is 0.597. The molecule has 0 atom stereocenters. The minimum absolute atomic E-state index is 0.808. The Kier molecular flexibility index (Phi) is 2.87. The van der Waals surface area contributed by atoms with Crippen LogP contribution in [0.4, 0.5) is 0 Å². The minimum atomic E-state index is 0.808. The van der Waals surface area contributed by atoms with Gasteiger partial charge in [0.1, 0.15) is 0 Å². The van der Waals surface area contributed by atoms with Crippen molar-refractivity contribution >= 4 is 21.7 Å². The molecule has 1 aromatic rings. The lowest BCUT2D eigenvalue weighted by atomic mass is 10.5. The van der Waals surface area contributed by atoms with Gasteiger partial charge in [-0.15, -0.1) is 0 Å². The van der Waals surface area contributed by atoms with Gasteiger partial charge in [0.25, 0.3) is 0 Å². The number of nitrogens with zero attached hydrogens (tertiary/aromatic N) is 1. The number of hydrogen-bond acceptors (Lipinski definition) is 1. The number of pyridine rings is 1. The highest BCUT2D eigenvalue weighted by Gasteiger charge is 1.92. The number of halogens is 1. The Labute approximate surface area is 63.2 Å².